The van der Waals surface area contributed by atoms with E-state index in [1.165, 1.54) is 12.1 Å². The lowest BCUT2D eigenvalue weighted by Crippen LogP contribution is -2.05. The highest BCUT2D eigenvalue weighted by Crippen LogP contribution is 2.33. The summed E-state index contributed by atoms with van der Waals surface area (Å²) in [5, 5.41) is 19.7. The number of aromatic carboxylic acids is 2. The Morgan fingerprint density at radius 2 is 0.778 bits per heavy atom. The second-order valence-corrected chi connectivity index (χ2v) is 9.41. The summed E-state index contributed by atoms with van der Waals surface area (Å²) in [6.45, 7) is 11.9. The molecule has 0 saturated heterocycles. The van der Waals surface area contributed by atoms with Gasteiger partial charge >= 0.3 is 11.9 Å². The van der Waals surface area contributed by atoms with Crippen LogP contribution in [0.1, 0.15) is 54.1 Å². The maximum Gasteiger partial charge on any atom is 0.335 e. The average molecular weight is 481 g/mol. The molecule has 2 aromatic carbocycles. The SMILES string of the molecule is Cc1cc(C)c(-c2cc(C(=O)O)cc(-c3cc(C(=O)O)cc(-c4c(C)cc(C)cc4C)n3)n2)c(C)c1. The lowest BCUT2D eigenvalue weighted by molar-refractivity contribution is 0.0686. The Morgan fingerprint density at radius 3 is 1.06 bits per heavy atom. The molecule has 36 heavy (non-hydrogen) atoms. The van der Waals surface area contributed by atoms with Crippen molar-refractivity contribution in [3.8, 4) is 33.9 Å². The zero-order valence-corrected chi connectivity index (χ0v) is 21.2. The van der Waals surface area contributed by atoms with Gasteiger partial charge in [0, 0.05) is 11.1 Å². The number of carbonyl (C=O) groups is 2. The van der Waals surface area contributed by atoms with Crippen molar-refractivity contribution < 1.29 is 19.8 Å². The van der Waals surface area contributed by atoms with Crippen molar-refractivity contribution in [2.24, 2.45) is 0 Å². The molecule has 182 valence electrons. The molecule has 4 aromatic rings. The van der Waals surface area contributed by atoms with E-state index in [-0.39, 0.29) is 11.1 Å². The Labute approximate surface area is 210 Å². The molecule has 0 amide bonds. The maximum atomic E-state index is 12.0. The standard InChI is InChI=1S/C30H28N2O4/c1-15-7-17(3)27(18(4)8-15)25-13-21(29(33)34)11-23(31-25)24-12-22(30(35)36)14-26(32-24)28-19(5)9-16(2)10-20(28)6/h7-14H,1-6H3,(H,33,34)(H,35,36). The molecule has 4 rings (SSSR count). The second-order valence-electron chi connectivity index (χ2n) is 9.41. The molecule has 0 aliphatic carbocycles. The molecule has 2 N–H and O–H groups in total. The number of benzene rings is 2. The number of aromatic nitrogens is 2. The molecular formula is C30H28N2O4. The van der Waals surface area contributed by atoms with Gasteiger partial charge in [0.2, 0.25) is 0 Å². The number of hydrogen-bond donors (Lipinski definition) is 2. The zero-order chi connectivity index (χ0) is 26.3. The molecular weight excluding hydrogens is 452 g/mol. The maximum absolute atomic E-state index is 12.0. The van der Waals surface area contributed by atoms with Crippen LogP contribution in [-0.4, -0.2) is 32.1 Å². The average Bonchev–Trinajstić information content (AvgIpc) is 2.77. The van der Waals surface area contributed by atoms with Gasteiger partial charge in [0.15, 0.2) is 0 Å². The minimum atomic E-state index is -1.10. The minimum absolute atomic E-state index is 0.0566. The lowest BCUT2D eigenvalue weighted by Gasteiger charge is -2.15. The zero-order valence-electron chi connectivity index (χ0n) is 21.2. The summed E-state index contributed by atoms with van der Waals surface area (Å²) < 4.78 is 0. The molecule has 2 heterocycles. The van der Waals surface area contributed by atoms with Crippen molar-refractivity contribution >= 4 is 11.9 Å². The number of hydrogen-bond acceptors (Lipinski definition) is 4. The summed E-state index contributed by atoms with van der Waals surface area (Å²) in [6.07, 6.45) is 0. The van der Waals surface area contributed by atoms with E-state index in [0.29, 0.717) is 22.8 Å². The smallest absolute Gasteiger partial charge is 0.335 e. The molecule has 0 aliphatic rings. The normalized spacial score (nSPS) is 10.9. The van der Waals surface area contributed by atoms with Crippen LogP contribution in [0.5, 0.6) is 0 Å². The number of carboxylic acids is 2. The first-order chi connectivity index (χ1) is 16.9. The number of carboxylic acid groups (broad SMARTS) is 2. The first-order valence-corrected chi connectivity index (χ1v) is 11.6. The van der Waals surface area contributed by atoms with E-state index >= 15 is 0 Å². The van der Waals surface area contributed by atoms with E-state index in [0.717, 1.165) is 44.5 Å². The summed E-state index contributed by atoms with van der Waals surface area (Å²) in [5.74, 6) is -2.19. The highest BCUT2D eigenvalue weighted by Gasteiger charge is 2.19. The Hall–Kier alpha value is -4.32. The fourth-order valence-corrected chi connectivity index (χ4v) is 4.99. The quantitative estimate of drug-likeness (QED) is 0.329. The van der Waals surface area contributed by atoms with Crippen molar-refractivity contribution in [3.05, 3.63) is 93.0 Å². The summed E-state index contributed by atoms with van der Waals surface area (Å²) >= 11 is 0. The number of nitrogens with zero attached hydrogens (tertiary/aromatic N) is 2. The highest BCUT2D eigenvalue weighted by molar-refractivity contribution is 5.93. The van der Waals surface area contributed by atoms with Crippen molar-refractivity contribution in [1.29, 1.82) is 0 Å². The molecule has 0 atom stereocenters. The largest absolute Gasteiger partial charge is 0.478 e. The van der Waals surface area contributed by atoms with Crippen LogP contribution in [0.2, 0.25) is 0 Å². The monoisotopic (exact) mass is 480 g/mol. The number of rotatable bonds is 5. The fourth-order valence-electron chi connectivity index (χ4n) is 4.99. The molecule has 6 heteroatoms. The van der Waals surface area contributed by atoms with Crippen LogP contribution in [-0.2, 0) is 0 Å². The molecule has 0 spiro atoms. The van der Waals surface area contributed by atoms with Crippen LogP contribution >= 0.6 is 0 Å². The van der Waals surface area contributed by atoms with Gasteiger partial charge < -0.3 is 10.2 Å². The van der Waals surface area contributed by atoms with Gasteiger partial charge in [-0.2, -0.15) is 0 Å². The topological polar surface area (TPSA) is 100 Å². The van der Waals surface area contributed by atoms with Crippen LogP contribution in [0.3, 0.4) is 0 Å². The third-order valence-corrected chi connectivity index (χ3v) is 6.27. The van der Waals surface area contributed by atoms with Crippen LogP contribution in [0.15, 0.2) is 48.5 Å². The van der Waals surface area contributed by atoms with Gasteiger partial charge in [-0.1, -0.05) is 35.4 Å². The first kappa shape index (κ1) is 24.8. The van der Waals surface area contributed by atoms with Gasteiger partial charge in [0.05, 0.1) is 33.9 Å². The van der Waals surface area contributed by atoms with Crippen LogP contribution in [0.4, 0.5) is 0 Å². The summed E-state index contributed by atoms with van der Waals surface area (Å²) in [5.41, 5.74) is 9.56. The Balaban J connectivity index is 2.01. The molecule has 0 unspecified atom stereocenters. The summed E-state index contributed by atoms with van der Waals surface area (Å²) in [7, 11) is 0. The van der Waals surface area contributed by atoms with Crippen molar-refractivity contribution in [2.75, 3.05) is 0 Å². The predicted molar refractivity (Wildman–Crippen MR) is 141 cm³/mol. The number of pyridine rings is 2. The highest BCUT2D eigenvalue weighted by atomic mass is 16.4. The van der Waals surface area contributed by atoms with E-state index in [4.69, 9.17) is 9.97 Å². The van der Waals surface area contributed by atoms with Crippen molar-refractivity contribution in [3.63, 3.8) is 0 Å². The van der Waals surface area contributed by atoms with E-state index < -0.39 is 11.9 Å². The third kappa shape index (κ3) is 4.75. The predicted octanol–water partition coefficient (Wildman–Crippen LogP) is 6.72. The number of aryl methyl sites for hydroxylation is 6. The van der Waals surface area contributed by atoms with Gasteiger partial charge in [0.1, 0.15) is 0 Å². The second kappa shape index (κ2) is 9.38. The fraction of sp³-hybridized carbons (Fsp3) is 0.200. The Kier molecular flexibility index (Phi) is 6.46. The van der Waals surface area contributed by atoms with Crippen molar-refractivity contribution in [1.82, 2.24) is 9.97 Å². The molecule has 0 bridgehead atoms. The molecule has 2 aromatic heterocycles. The minimum Gasteiger partial charge on any atom is -0.478 e. The van der Waals surface area contributed by atoms with E-state index in [1.54, 1.807) is 12.1 Å². The summed E-state index contributed by atoms with van der Waals surface area (Å²) in [6, 6.07) is 14.1. The molecule has 6 nitrogen and oxygen atoms in total. The Morgan fingerprint density at radius 1 is 0.500 bits per heavy atom. The van der Waals surface area contributed by atoms with Crippen LogP contribution in [0.25, 0.3) is 33.9 Å². The third-order valence-electron chi connectivity index (χ3n) is 6.27. The summed E-state index contributed by atoms with van der Waals surface area (Å²) in [4.78, 5) is 33.6. The molecule has 0 fully saturated rings. The molecule has 0 aliphatic heterocycles. The van der Waals surface area contributed by atoms with Gasteiger partial charge in [-0.3, -0.25) is 0 Å². The van der Waals surface area contributed by atoms with E-state index in [9.17, 15) is 19.8 Å². The first-order valence-electron chi connectivity index (χ1n) is 11.6. The van der Waals surface area contributed by atoms with Crippen LogP contribution in [0, 0.1) is 41.5 Å². The van der Waals surface area contributed by atoms with E-state index in [1.807, 2.05) is 65.8 Å². The van der Waals surface area contributed by atoms with Gasteiger partial charge in [-0.05, 0) is 88.1 Å². The van der Waals surface area contributed by atoms with E-state index in [2.05, 4.69) is 0 Å². The van der Waals surface area contributed by atoms with Crippen molar-refractivity contribution in [2.45, 2.75) is 41.5 Å². The molecule has 0 radical (unpaired) electrons. The molecule has 0 saturated carbocycles. The van der Waals surface area contributed by atoms with Gasteiger partial charge in [-0.25, -0.2) is 19.6 Å². The lowest BCUT2D eigenvalue weighted by atomic mass is 9.95. The Bertz CT molecular complexity index is 1390. The van der Waals surface area contributed by atoms with Gasteiger partial charge in [0.25, 0.3) is 0 Å². The van der Waals surface area contributed by atoms with Gasteiger partial charge in [-0.15, -0.1) is 0 Å². The van der Waals surface area contributed by atoms with Crippen LogP contribution < -0.4 is 0 Å².